The highest BCUT2D eigenvalue weighted by Crippen LogP contribution is 2.32. The van der Waals surface area contributed by atoms with E-state index in [-0.39, 0.29) is 50.7 Å². The lowest BCUT2D eigenvalue weighted by Crippen LogP contribution is -2.48. The molecule has 1 amide bonds. The van der Waals surface area contributed by atoms with Gasteiger partial charge in [0.2, 0.25) is 0 Å². The Balaban J connectivity index is 1.27. The van der Waals surface area contributed by atoms with E-state index in [1.807, 2.05) is 0 Å². The van der Waals surface area contributed by atoms with Crippen molar-refractivity contribution in [1.29, 1.82) is 0 Å². The van der Waals surface area contributed by atoms with Gasteiger partial charge in [-0.05, 0) is 37.1 Å². The summed E-state index contributed by atoms with van der Waals surface area (Å²) in [5.74, 6) is 0.247. The van der Waals surface area contributed by atoms with E-state index in [2.05, 4.69) is 10.1 Å². The zero-order valence-electron chi connectivity index (χ0n) is 16.6. The molecule has 0 aromatic heterocycles. The van der Waals surface area contributed by atoms with Crippen molar-refractivity contribution in [2.45, 2.75) is 62.5 Å². The monoisotopic (exact) mass is 467 g/mol. The number of aliphatic hydroxyl groups is 1. The number of nitrogens with one attached hydrogen (secondary N) is 1. The van der Waals surface area contributed by atoms with Crippen molar-refractivity contribution in [1.82, 2.24) is 5.32 Å². The number of ether oxygens (including phenoxy) is 4. The van der Waals surface area contributed by atoms with E-state index in [1.54, 1.807) is 24.3 Å². The van der Waals surface area contributed by atoms with E-state index in [0.717, 1.165) is 0 Å². The Morgan fingerprint density at radius 3 is 2.55 bits per heavy atom. The molecule has 2 aliphatic rings. The Morgan fingerprint density at radius 1 is 1.23 bits per heavy atom. The number of carbonyl (C=O) groups excluding carboxylic acids is 1. The number of hydrogen-bond donors (Lipinski definition) is 2. The second kappa shape index (κ2) is 10.8. The van der Waals surface area contributed by atoms with Gasteiger partial charge in [-0.1, -0.05) is 11.6 Å². The third-order valence-corrected chi connectivity index (χ3v) is 5.40. The first-order valence-corrected chi connectivity index (χ1v) is 10.4. The Labute approximate surface area is 182 Å². The molecule has 11 heteroatoms. The average molecular weight is 468 g/mol. The smallest absolute Gasteiger partial charge is 0.484 e. The Hall–Kier alpha value is -1.59. The summed E-state index contributed by atoms with van der Waals surface area (Å²) < 4.78 is 56.7. The van der Waals surface area contributed by atoms with Gasteiger partial charge in [0.25, 0.3) is 5.91 Å². The highest BCUT2D eigenvalue weighted by atomic mass is 35.5. The van der Waals surface area contributed by atoms with Gasteiger partial charge in [0, 0.05) is 17.9 Å². The second-order valence-electron chi connectivity index (χ2n) is 7.64. The number of benzene rings is 1. The summed E-state index contributed by atoms with van der Waals surface area (Å²) >= 11 is 5.79. The molecule has 1 aliphatic heterocycles. The third-order valence-electron chi connectivity index (χ3n) is 5.14. The normalized spacial score (nSPS) is 27.3. The van der Waals surface area contributed by atoms with Crippen LogP contribution in [0.25, 0.3) is 0 Å². The van der Waals surface area contributed by atoms with Crippen LogP contribution < -0.4 is 10.1 Å². The summed E-state index contributed by atoms with van der Waals surface area (Å²) in [6, 6.07) is 6.47. The number of amides is 1. The van der Waals surface area contributed by atoms with Crippen molar-refractivity contribution in [2.24, 2.45) is 0 Å². The summed E-state index contributed by atoms with van der Waals surface area (Å²) in [6.07, 6.45) is -5.84. The minimum atomic E-state index is -4.64. The Kier molecular flexibility index (Phi) is 8.40. The van der Waals surface area contributed by atoms with E-state index in [4.69, 9.17) is 25.8 Å². The molecule has 2 fully saturated rings. The van der Waals surface area contributed by atoms with Crippen molar-refractivity contribution in [3.63, 3.8) is 0 Å². The zero-order chi connectivity index (χ0) is 22.4. The first-order valence-electron chi connectivity index (χ1n) is 10.0. The molecule has 0 spiro atoms. The predicted octanol–water partition coefficient (Wildman–Crippen LogP) is 2.83. The van der Waals surface area contributed by atoms with Crippen LogP contribution in [0.15, 0.2) is 24.3 Å². The fourth-order valence-electron chi connectivity index (χ4n) is 3.42. The molecule has 174 valence electrons. The van der Waals surface area contributed by atoms with Gasteiger partial charge in [-0.3, -0.25) is 9.53 Å². The van der Waals surface area contributed by atoms with E-state index in [1.165, 1.54) is 0 Å². The highest BCUT2D eigenvalue weighted by Gasteiger charge is 2.41. The molecule has 1 aliphatic carbocycles. The molecule has 0 bridgehead atoms. The quantitative estimate of drug-likeness (QED) is 0.581. The standard InChI is InChI=1S/C20H25ClF3NO6/c21-12-1-4-14(5-2-12)29-11-19(27)25-13-3-6-18(30-9-13)17(26)10-28-15-7-16(8-15)31-20(22,23)24/h1-2,4-5,13,15-18,26H,3,6-11H2,(H,25,27)/t13-,15-,16+,17?,18?/m0/s1. The van der Waals surface area contributed by atoms with Gasteiger partial charge >= 0.3 is 6.36 Å². The van der Waals surface area contributed by atoms with E-state index in [9.17, 15) is 23.1 Å². The van der Waals surface area contributed by atoms with Crippen molar-refractivity contribution in [2.75, 3.05) is 19.8 Å². The molecule has 3 atom stereocenters. The maximum Gasteiger partial charge on any atom is 0.522 e. The van der Waals surface area contributed by atoms with Gasteiger partial charge in [0.05, 0.1) is 37.6 Å². The van der Waals surface area contributed by atoms with Crippen LogP contribution in [0.5, 0.6) is 5.75 Å². The van der Waals surface area contributed by atoms with Gasteiger partial charge < -0.3 is 24.6 Å². The molecule has 1 saturated heterocycles. The molecule has 0 radical (unpaired) electrons. The topological polar surface area (TPSA) is 86.3 Å². The number of hydrogen-bond acceptors (Lipinski definition) is 6. The molecule has 7 nitrogen and oxygen atoms in total. The Bertz CT molecular complexity index is 706. The molecule has 31 heavy (non-hydrogen) atoms. The molecule has 1 aromatic rings. The van der Waals surface area contributed by atoms with Crippen LogP contribution in [-0.2, 0) is 19.0 Å². The van der Waals surface area contributed by atoms with Crippen LogP contribution in [-0.4, -0.2) is 67.7 Å². The molecular formula is C20H25ClF3NO6. The molecule has 1 aromatic carbocycles. The van der Waals surface area contributed by atoms with Gasteiger partial charge in [-0.2, -0.15) is 0 Å². The van der Waals surface area contributed by atoms with Crippen LogP contribution >= 0.6 is 11.6 Å². The predicted molar refractivity (Wildman–Crippen MR) is 104 cm³/mol. The number of aliphatic hydroxyl groups excluding tert-OH is 1. The van der Waals surface area contributed by atoms with Crippen molar-refractivity contribution < 1.29 is 42.0 Å². The summed E-state index contributed by atoms with van der Waals surface area (Å²) in [6.45, 7) is 0.0673. The third kappa shape index (κ3) is 8.12. The van der Waals surface area contributed by atoms with Crippen molar-refractivity contribution >= 4 is 17.5 Å². The maximum absolute atomic E-state index is 12.1. The fraction of sp³-hybridized carbons (Fsp3) is 0.650. The SMILES string of the molecule is O=C(COc1ccc(Cl)cc1)N[C@H]1CCC(C(O)CO[C@H]2C[C@@H](OC(F)(F)F)C2)OC1. The molecule has 2 N–H and O–H groups in total. The van der Waals surface area contributed by atoms with E-state index in [0.29, 0.717) is 23.6 Å². The molecular weight excluding hydrogens is 443 g/mol. The largest absolute Gasteiger partial charge is 0.522 e. The molecule has 2 unspecified atom stereocenters. The van der Waals surface area contributed by atoms with Crippen LogP contribution in [0.2, 0.25) is 5.02 Å². The number of rotatable bonds is 9. The second-order valence-corrected chi connectivity index (χ2v) is 8.07. The lowest BCUT2D eigenvalue weighted by Gasteiger charge is -2.37. The average Bonchev–Trinajstić information content (AvgIpc) is 2.68. The van der Waals surface area contributed by atoms with E-state index >= 15 is 0 Å². The zero-order valence-corrected chi connectivity index (χ0v) is 17.4. The first kappa shape index (κ1) is 24.1. The maximum atomic E-state index is 12.1. The van der Waals surface area contributed by atoms with Gasteiger partial charge in [-0.25, -0.2) is 0 Å². The van der Waals surface area contributed by atoms with Crippen LogP contribution in [0.4, 0.5) is 13.2 Å². The van der Waals surface area contributed by atoms with E-state index < -0.39 is 24.7 Å². The lowest BCUT2D eigenvalue weighted by molar-refractivity contribution is -0.357. The summed E-state index contributed by atoms with van der Waals surface area (Å²) in [4.78, 5) is 12.0. The number of carbonyl (C=O) groups is 1. The van der Waals surface area contributed by atoms with Gasteiger partial charge in [-0.15, -0.1) is 13.2 Å². The number of halogens is 4. The molecule has 1 heterocycles. The van der Waals surface area contributed by atoms with Crippen molar-refractivity contribution in [3.05, 3.63) is 29.3 Å². The van der Waals surface area contributed by atoms with Crippen LogP contribution in [0.3, 0.4) is 0 Å². The summed E-state index contributed by atoms with van der Waals surface area (Å²) in [5, 5.41) is 13.6. The molecule has 3 rings (SSSR count). The molecule has 1 saturated carbocycles. The minimum Gasteiger partial charge on any atom is -0.484 e. The fourth-order valence-corrected chi connectivity index (χ4v) is 3.54. The Morgan fingerprint density at radius 2 is 1.94 bits per heavy atom. The van der Waals surface area contributed by atoms with Gasteiger partial charge in [0.1, 0.15) is 11.9 Å². The highest BCUT2D eigenvalue weighted by molar-refractivity contribution is 6.30. The summed E-state index contributed by atoms with van der Waals surface area (Å²) in [7, 11) is 0. The van der Waals surface area contributed by atoms with Crippen LogP contribution in [0, 0.1) is 0 Å². The number of alkyl halides is 3. The summed E-state index contributed by atoms with van der Waals surface area (Å²) in [5.41, 5.74) is 0. The lowest BCUT2D eigenvalue weighted by atomic mass is 9.92. The minimum absolute atomic E-state index is 0.0277. The van der Waals surface area contributed by atoms with Crippen molar-refractivity contribution in [3.8, 4) is 5.75 Å². The van der Waals surface area contributed by atoms with Gasteiger partial charge in [0.15, 0.2) is 6.61 Å². The van der Waals surface area contributed by atoms with Crippen LogP contribution in [0.1, 0.15) is 25.7 Å². The first-order chi connectivity index (χ1) is 14.7.